The number of anilines is 3. The first-order chi connectivity index (χ1) is 19.8. The van der Waals surface area contributed by atoms with Crippen molar-refractivity contribution in [3.05, 3.63) is 54.1 Å². The lowest BCUT2D eigenvalue weighted by Crippen LogP contribution is -2.63. The second-order valence-electron chi connectivity index (χ2n) is 11.6. The third-order valence-electron chi connectivity index (χ3n) is 7.86. The fraction of sp³-hybridized carbons (Fsp3) is 0.429. The van der Waals surface area contributed by atoms with Gasteiger partial charge in [-0.2, -0.15) is 9.19 Å². The molecule has 1 saturated carbocycles. The summed E-state index contributed by atoms with van der Waals surface area (Å²) in [4.78, 5) is 16.0. The average molecular weight is 611 g/mol. The zero-order valence-corrected chi connectivity index (χ0v) is 25.5. The van der Waals surface area contributed by atoms with E-state index in [1.807, 2.05) is 36.2 Å². The maximum atomic E-state index is 12.6. The van der Waals surface area contributed by atoms with Crippen molar-refractivity contribution in [2.45, 2.75) is 50.9 Å². The van der Waals surface area contributed by atoms with E-state index < -0.39 is 26.0 Å². The summed E-state index contributed by atoms with van der Waals surface area (Å²) < 4.78 is 49.9. The molecule has 0 spiro atoms. The largest absolute Gasteiger partial charge is 0.340 e. The van der Waals surface area contributed by atoms with Crippen molar-refractivity contribution in [3.8, 4) is 11.3 Å². The maximum absolute atomic E-state index is 12.6. The first kappa shape index (κ1) is 28.5. The van der Waals surface area contributed by atoms with Crippen LogP contribution < -0.4 is 16.0 Å². The Morgan fingerprint density at radius 1 is 1.05 bits per heavy atom. The van der Waals surface area contributed by atoms with Crippen LogP contribution in [-0.4, -0.2) is 70.9 Å². The molecular weight excluding hydrogens is 576 g/mol. The average Bonchev–Trinajstić information content (AvgIpc) is 3.68. The second kappa shape index (κ2) is 10.3. The number of aryl methyl sites for hydroxylation is 1. The molecule has 5 heterocycles. The molecular formula is C28H34N8O4S2. The highest BCUT2D eigenvalue weighted by Crippen LogP contribution is 2.37. The molecule has 222 valence electrons. The highest BCUT2D eigenvalue weighted by atomic mass is 32.2. The number of fused-ring (bicyclic) bond motifs is 1. The van der Waals surface area contributed by atoms with E-state index in [0.717, 1.165) is 26.0 Å². The minimum atomic E-state index is -3.47. The van der Waals surface area contributed by atoms with Gasteiger partial charge in [-0.1, -0.05) is 19.9 Å². The molecule has 0 bridgehead atoms. The summed E-state index contributed by atoms with van der Waals surface area (Å²) in [5.41, 5.74) is 9.56. The number of sulfone groups is 1. The predicted molar refractivity (Wildman–Crippen MR) is 163 cm³/mol. The summed E-state index contributed by atoms with van der Waals surface area (Å²) in [5, 5.41) is 8.84. The van der Waals surface area contributed by atoms with Crippen LogP contribution in [0.2, 0.25) is 0 Å². The number of pyridine rings is 3. The summed E-state index contributed by atoms with van der Waals surface area (Å²) >= 11 is 0. The van der Waals surface area contributed by atoms with Crippen LogP contribution >= 0.6 is 0 Å². The highest BCUT2D eigenvalue weighted by molar-refractivity contribution is 7.90. The van der Waals surface area contributed by atoms with Crippen LogP contribution in [0.5, 0.6) is 0 Å². The molecule has 4 aromatic rings. The number of hydrogen-bond donors (Lipinski definition) is 2. The van der Waals surface area contributed by atoms with Crippen molar-refractivity contribution >= 4 is 48.1 Å². The smallest absolute Gasteiger partial charge is 0.256 e. The van der Waals surface area contributed by atoms with Crippen LogP contribution in [0.4, 0.5) is 17.5 Å². The molecule has 0 unspecified atom stereocenters. The third-order valence-corrected chi connectivity index (χ3v) is 10.9. The van der Waals surface area contributed by atoms with Crippen molar-refractivity contribution in [2.75, 3.05) is 28.8 Å². The van der Waals surface area contributed by atoms with Crippen LogP contribution in [0.15, 0.2) is 43.0 Å². The molecule has 0 amide bonds. The molecule has 3 N–H and O–H groups in total. The number of aromatic nitrogens is 5. The molecule has 1 aliphatic carbocycles. The van der Waals surface area contributed by atoms with Gasteiger partial charge in [0.2, 0.25) is 0 Å². The van der Waals surface area contributed by atoms with Gasteiger partial charge >= 0.3 is 0 Å². The highest BCUT2D eigenvalue weighted by Gasteiger charge is 2.40. The fourth-order valence-electron chi connectivity index (χ4n) is 5.37. The topological polar surface area (TPSA) is 166 Å². The van der Waals surface area contributed by atoms with E-state index >= 15 is 0 Å². The molecule has 0 aromatic carbocycles. The van der Waals surface area contributed by atoms with Gasteiger partial charge in [0.15, 0.2) is 0 Å². The molecule has 14 heteroatoms. The van der Waals surface area contributed by atoms with Crippen molar-refractivity contribution < 1.29 is 16.8 Å². The van der Waals surface area contributed by atoms with Crippen molar-refractivity contribution in [1.29, 1.82) is 0 Å². The van der Waals surface area contributed by atoms with E-state index in [-0.39, 0.29) is 22.8 Å². The van der Waals surface area contributed by atoms with Gasteiger partial charge in [0, 0.05) is 42.1 Å². The number of nitrogens with one attached hydrogen (secondary N) is 1. The molecule has 2 aliphatic rings. The molecule has 1 saturated heterocycles. The van der Waals surface area contributed by atoms with Crippen LogP contribution in [0.3, 0.4) is 0 Å². The van der Waals surface area contributed by atoms with Crippen LogP contribution in [0.25, 0.3) is 22.0 Å². The first-order valence-electron chi connectivity index (χ1n) is 13.8. The van der Waals surface area contributed by atoms with Gasteiger partial charge < -0.3 is 16.0 Å². The number of nitrogens with two attached hydrogens (primary N) is 1. The second-order valence-corrected chi connectivity index (χ2v) is 15.9. The quantitative estimate of drug-likeness (QED) is 0.286. The van der Waals surface area contributed by atoms with E-state index in [1.165, 1.54) is 18.6 Å². The lowest BCUT2D eigenvalue weighted by Gasteiger charge is -2.46. The Kier molecular flexibility index (Phi) is 6.97. The molecule has 6 rings (SSSR count). The van der Waals surface area contributed by atoms with E-state index in [1.54, 1.807) is 6.20 Å². The molecule has 42 heavy (non-hydrogen) atoms. The monoisotopic (exact) mass is 610 g/mol. The Hall–Kier alpha value is -3.62. The molecule has 0 radical (unpaired) electrons. The van der Waals surface area contributed by atoms with Gasteiger partial charge in [-0.25, -0.2) is 31.8 Å². The molecule has 1 aliphatic heterocycles. The summed E-state index contributed by atoms with van der Waals surface area (Å²) in [6.45, 7) is 6.61. The Labute approximate surface area is 245 Å². The zero-order chi connectivity index (χ0) is 30.0. The predicted octanol–water partition coefficient (Wildman–Crippen LogP) is 3.17. The molecule has 2 fully saturated rings. The Balaban J connectivity index is 1.30. The lowest BCUT2D eigenvalue weighted by molar-refractivity contribution is 0.325. The Morgan fingerprint density at radius 2 is 1.81 bits per heavy atom. The summed E-state index contributed by atoms with van der Waals surface area (Å²) in [6.07, 6.45) is 8.75. The first-order valence-corrected chi connectivity index (χ1v) is 17.4. The molecule has 4 aromatic heterocycles. The van der Waals surface area contributed by atoms with Crippen LogP contribution in [0.1, 0.15) is 43.7 Å². The van der Waals surface area contributed by atoms with E-state index in [4.69, 9.17) is 15.7 Å². The Morgan fingerprint density at radius 3 is 2.48 bits per heavy atom. The summed E-state index contributed by atoms with van der Waals surface area (Å²) in [5.74, 6) is 1.90. The third kappa shape index (κ3) is 5.34. The van der Waals surface area contributed by atoms with Crippen molar-refractivity contribution in [3.63, 3.8) is 0 Å². The van der Waals surface area contributed by atoms with E-state index in [9.17, 15) is 16.8 Å². The lowest BCUT2D eigenvalue weighted by atomic mass is 9.95. The van der Waals surface area contributed by atoms with Gasteiger partial charge in [0.05, 0.1) is 35.3 Å². The Bertz CT molecular complexity index is 1900. The van der Waals surface area contributed by atoms with Gasteiger partial charge in [0.25, 0.3) is 10.0 Å². The number of nitrogens with zero attached hydrogens (tertiary/aromatic N) is 6. The van der Waals surface area contributed by atoms with Gasteiger partial charge in [-0.3, -0.25) is 0 Å². The van der Waals surface area contributed by atoms with Gasteiger partial charge in [-0.05, 0) is 54.3 Å². The molecule has 12 nitrogen and oxygen atoms in total. The van der Waals surface area contributed by atoms with Crippen LogP contribution in [0, 0.1) is 12.8 Å². The fourth-order valence-corrected chi connectivity index (χ4v) is 7.93. The summed E-state index contributed by atoms with van der Waals surface area (Å²) in [6, 6.07) is 5.72. The SMILES string of the molecule is Cc1ccc(Nc2cc3c(C(C)C)cnc(N4C[C@H](CS(C)(=O)=O)[C@H]4N)c3cn2)nc1-c1cnn(S(=O)(=O)C2CC2)c1. The standard InChI is InChI=1S/C28H34N8O4S2/c1-16(2)22-11-31-28(35-13-19(27(35)29)15-41(4,37)38)23-12-30-25(9-21(22)23)33-24-8-5-17(3)26(34-24)18-10-32-36(14-18)42(39,40)20-6-7-20/h5,8-12,14,16,19-20,27H,6-7,13,15,29H2,1-4H3,(H,30,33,34)/t19-,27+/m1/s1. The normalized spacial score (nSPS) is 19.3. The van der Waals surface area contributed by atoms with E-state index in [2.05, 4.69) is 29.2 Å². The molecule has 2 atom stereocenters. The van der Waals surface area contributed by atoms with Gasteiger partial charge in [0.1, 0.15) is 27.3 Å². The van der Waals surface area contributed by atoms with Crippen molar-refractivity contribution in [1.82, 2.24) is 24.1 Å². The number of hydrogen-bond acceptors (Lipinski definition) is 11. The minimum absolute atomic E-state index is 0.0433. The van der Waals surface area contributed by atoms with Crippen molar-refractivity contribution in [2.24, 2.45) is 11.7 Å². The maximum Gasteiger partial charge on any atom is 0.256 e. The number of rotatable bonds is 9. The zero-order valence-electron chi connectivity index (χ0n) is 23.9. The minimum Gasteiger partial charge on any atom is -0.340 e. The summed E-state index contributed by atoms with van der Waals surface area (Å²) in [7, 11) is -6.60. The van der Waals surface area contributed by atoms with Gasteiger partial charge in [-0.15, -0.1) is 0 Å². The van der Waals surface area contributed by atoms with Crippen LogP contribution in [-0.2, 0) is 19.9 Å². The van der Waals surface area contributed by atoms with E-state index in [0.29, 0.717) is 48.1 Å².